The van der Waals surface area contributed by atoms with Crippen molar-refractivity contribution in [1.29, 1.82) is 0 Å². The van der Waals surface area contributed by atoms with Crippen LogP contribution in [0.25, 0.3) is 0 Å². The molecule has 0 aliphatic carbocycles. The van der Waals surface area contributed by atoms with Crippen LogP contribution in [0.2, 0.25) is 0 Å². The molecule has 3 heterocycles. The van der Waals surface area contributed by atoms with Crippen molar-refractivity contribution in [2.45, 2.75) is 24.9 Å². The van der Waals surface area contributed by atoms with Crippen molar-refractivity contribution < 1.29 is 38.2 Å². The number of piperazine rings is 1. The molecule has 32 heavy (non-hydrogen) atoms. The Balaban J connectivity index is 1.28. The Hall–Kier alpha value is -4.34. The molecule has 0 saturated carbocycles. The van der Waals surface area contributed by atoms with Crippen molar-refractivity contribution in [3.63, 3.8) is 0 Å². The molecule has 0 radical (unpaired) electrons. The van der Waals surface area contributed by atoms with Gasteiger partial charge in [-0.25, -0.2) is 19.2 Å². The van der Waals surface area contributed by atoms with Gasteiger partial charge in [0.15, 0.2) is 0 Å². The fourth-order valence-electron chi connectivity index (χ4n) is 3.95. The van der Waals surface area contributed by atoms with Crippen molar-refractivity contribution in [1.82, 2.24) is 10.6 Å². The molecule has 2 amide bonds. The highest BCUT2D eigenvalue weighted by Crippen LogP contribution is 2.24. The lowest BCUT2D eigenvalue weighted by atomic mass is 9.96. The zero-order chi connectivity index (χ0) is 22.6. The molecular weight excluding hydrogens is 420 g/mol. The zero-order valence-corrected chi connectivity index (χ0v) is 16.3. The van der Waals surface area contributed by atoms with Crippen LogP contribution < -0.4 is 10.6 Å². The monoisotopic (exact) mass is 434 g/mol. The second kappa shape index (κ2) is 7.12. The van der Waals surface area contributed by atoms with Crippen molar-refractivity contribution in [2.24, 2.45) is 0 Å². The Morgan fingerprint density at radius 1 is 0.562 bits per heavy atom. The third kappa shape index (κ3) is 3.22. The summed E-state index contributed by atoms with van der Waals surface area (Å²) in [6.07, 6.45) is 0.234. The maximum Gasteiger partial charge on any atom is 0.346 e. The number of hydrogen-bond acceptors (Lipinski definition) is 8. The van der Waals surface area contributed by atoms with E-state index in [2.05, 4.69) is 20.1 Å². The van der Waals surface area contributed by atoms with Crippen LogP contribution in [-0.4, -0.2) is 47.8 Å². The highest BCUT2D eigenvalue weighted by Gasteiger charge is 2.36. The molecule has 0 spiro atoms. The summed E-state index contributed by atoms with van der Waals surface area (Å²) in [7, 11) is 0. The van der Waals surface area contributed by atoms with E-state index < -0.39 is 47.8 Å². The number of fused-ring (bicyclic) bond motifs is 2. The first-order chi connectivity index (χ1) is 15.3. The van der Waals surface area contributed by atoms with Crippen LogP contribution in [0, 0.1) is 0 Å². The number of cyclic esters (lactones) is 4. The van der Waals surface area contributed by atoms with Gasteiger partial charge in [0.05, 0.1) is 22.3 Å². The van der Waals surface area contributed by atoms with Gasteiger partial charge in [-0.3, -0.25) is 9.59 Å². The van der Waals surface area contributed by atoms with Gasteiger partial charge in [0.2, 0.25) is 11.8 Å². The smallest absolute Gasteiger partial charge is 0.346 e. The van der Waals surface area contributed by atoms with Gasteiger partial charge in [0.1, 0.15) is 12.1 Å². The van der Waals surface area contributed by atoms with Gasteiger partial charge in [-0.2, -0.15) is 0 Å². The first-order valence-electron chi connectivity index (χ1n) is 9.70. The molecule has 2 atom stereocenters. The lowest BCUT2D eigenvalue weighted by Gasteiger charge is -2.30. The normalized spacial score (nSPS) is 21.5. The van der Waals surface area contributed by atoms with Gasteiger partial charge in [0, 0.05) is 12.8 Å². The number of amides is 2. The number of carbonyl (C=O) groups excluding carboxylic acids is 6. The summed E-state index contributed by atoms with van der Waals surface area (Å²) in [5.41, 5.74) is 1.74. The molecule has 2 N–H and O–H groups in total. The molecule has 2 aromatic carbocycles. The van der Waals surface area contributed by atoms with Gasteiger partial charge in [0.25, 0.3) is 0 Å². The third-order valence-corrected chi connectivity index (χ3v) is 5.56. The van der Waals surface area contributed by atoms with Gasteiger partial charge < -0.3 is 20.1 Å². The summed E-state index contributed by atoms with van der Waals surface area (Å²) in [5, 5.41) is 5.32. The molecule has 1 fully saturated rings. The van der Waals surface area contributed by atoms with Gasteiger partial charge in [-0.05, 0) is 35.4 Å². The van der Waals surface area contributed by atoms with E-state index in [1.165, 1.54) is 24.3 Å². The first-order valence-corrected chi connectivity index (χ1v) is 9.70. The molecule has 10 nitrogen and oxygen atoms in total. The van der Waals surface area contributed by atoms with E-state index >= 15 is 0 Å². The molecule has 3 aliphatic rings. The highest BCUT2D eigenvalue weighted by atomic mass is 16.6. The molecular formula is C22H14N2O8. The summed E-state index contributed by atoms with van der Waals surface area (Å²) < 4.78 is 9.10. The van der Waals surface area contributed by atoms with Gasteiger partial charge in [-0.15, -0.1) is 0 Å². The number of hydrogen-bond donors (Lipinski definition) is 2. The van der Waals surface area contributed by atoms with Crippen molar-refractivity contribution in [3.8, 4) is 0 Å². The Labute approximate surface area is 179 Å². The van der Waals surface area contributed by atoms with E-state index in [9.17, 15) is 28.8 Å². The Kier molecular flexibility index (Phi) is 4.36. The minimum absolute atomic E-state index is 0.117. The highest BCUT2D eigenvalue weighted by molar-refractivity contribution is 6.15. The Morgan fingerprint density at radius 2 is 0.938 bits per heavy atom. The summed E-state index contributed by atoms with van der Waals surface area (Å²) >= 11 is 0. The molecule has 0 bridgehead atoms. The Morgan fingerprint density at radius 3 is 1.34 bits per heavy atom. The van der Waals surface area contributed by atoms with Crippen LogP contribution in [-0.2, 0) is 31.9 Å². The number of esters is 4. The first kappa shape index (κ1) is 19.6. The average Bonchev–Trinajstić information content (AvgIpc) is 3.20. The van der Waals surface area contributed by atoms with Crippen LogP contribution in [0.15, 0.2) is 36.4 Å². The summed E-state index contributed by atoms with van der Waals surface area (Å²) in [6.45, 7) is 0. The summed E-state index contributed by atoms with van der Waals surface area (Å²) in [5.74, 6) is -3.75. The van der Waals surface area contributed by atoms with Gasteiger partial charge in [-0.1, -0.05) is 12.1 Å². The van der Waals surface area contributed by atoms with E-state index in [1.807, 2.05) is 0 Å². The van der Waals surface area contributed by atoms with Crippen LogP contribution in [0.4, 0.5) is 0 Å². The minimum Gasteiger partial charge on any atom is -0.386 e. The van der Waals surface area contributed by atoms with Crippen LogP contribution in [0.3, 0.4) is 0 Å². The van der Waals surface area contributed by atoms with Crippen molar-refractivity contribution >= 4 is 35.7 Å². The largest absolute Gasteiger partial charge is 0.386 e. The average molecular weight is 434 g/mol. The molecule has 10 heteroatoms. The number of carbonyl (C=O) groups is 6. The predicted molar refractivity (Wildman–Crippen MR) is 104 cm³/mol. The van der Waals surface area contributed by atoms with E-state index in [0.29, 0.717) is 11.1 Å². The predicted octanol–water partition coefficient (Wildman–Crippen LogP) is 0.0762. The van der Waals surface area contributed by atoms with E-state index in [4.69, 9.17) is 0 Å². The lowest BCUT2D eigenvalue weighted by Crippen LogP contribution is -2.62. The molecule has 0 aromatic heterocycles. The fourth-order valence-corrected chi connectivity index (χ4v) is 3.95. The van der Waals surface area contributed by atoms with E-state index in [0.717, 1.165) is 0 Å². The van der Waals surface area contributed by atoms with Crippen LogP contribution in [0.1, 0.15) is 52.6 Å². The van der Waals surface area contributed by atoms with Crippen LogP contribution in [0.5, 0.6) is 0 Å². The summed E-state index contributed by atoms with van der Waals surface area (Å²) in [6, 6.07) is 7.30. The van der Waals surface area contributed by atoms with E-state index in [-0.39, 0.29) is 35.1 Å². The second-order valence-corrected chi connectivity index (χ2v) is 7.64. The van der Waals surface area contributed by atoms with Crippen molar-refractivity contribution in [2.75, 3.05) is 0 Å². The number of nitrogens with one attached hydrogen (secondary N) is 2. The maximum absolute atomic E-state index is 12.6. The summed E-state index contributed by atoms with van der Waals surface area (Å²) in [4.78, 5) is 71.7. The Bertz CT molecular complexity index is 1170. The number of benzene rings is 2. The fraction of sp³-hybridized carbons (Fsp3) is 0.182. The lowest BCUT2D eigenvalue weighted by molar-refractivity contribution is -0.136. The van der Waals surface area contributed by atoms with Crippen LogP contribution >= 0.6 is 0 Å². The van der Waals surface area contributed by atoms with Crippen molar-refractivity contribution in [3.05, 3.63) is 69.8 Å². The standard InChI is InChI=1S/C22H14N2O8/c25-17-15(7-9-1-3-11-13(5-9)21(29)31-19(11)27)23-18(26)16(24-17)8-10-2-4-12-14(6-10)22(30)32-20(12)28/h1-6,15-16H,7-8H2,(H,23,26)(H,24,25). The zero-order valence-electron chi connectivity index (χ0n) is 16.3. The molecule has 1 saturated heterocycles. The molecule has 3 aliphatic heterocycles. The van der Waals surface area contributed by atoms with Gasteiger partial charge >= 0.3 is 23.9 Å². The molecule has 2 aromatic rings. The second-order valence-electron chi connectivity index (χ2n) is 7.64. The number of ether oxygens (including phenoxy) is 2. The topological polar surface area (TPSA) is 145 Å². The SMILES string of the molecule is O=C1OC(=O)c2cc(CC3NC(=O)C(Cc4ccc5c(c4)C(=O)OC5=O)NC3=O)ccc21. The number of rotatable bonds is 4. The van der Waals surface area contributed by atoms with E-state index in [1.54, 1.807) is 12.1 Å². The molecule has 160 valence electrons. The maximum atomic E-state index is 12.6. The minimum atomic E-state index is -0.863. The third-order valence-electron chi connectivity index (χ3n) is 5.56. The quantitative estimate of drug-likeness (QED) is 0.508. The molecule has 2 unspecified atom stereocenters. The molecule has 5 rings (SSSR count).